The van der Waals surface area contributed by atoms with Crippen molar-refractivity contribution in [1.29, 1.82) is 0 Å². The van der Waals surface area contributed by atoms with Gasteiger partial charge in [-0.25, -0.2) is 0 Å². The molecule has 7 heteroatoms. The molecule has 1 fully saturated rings. The second-order valence-corrected chi connectivity index (χ2v) is 7.47. The van der Waals surface area contributed by atoms with Gasteiger partial charge in [-0.1, -0.05) is 41.3 Å². The summed E-state index contributed by atoms with van der Waals surface area (Å²) in [6, 6.07) is 7.21. The number of amides is 2. The molecule has 140 valence electrons. The quantitative estimate of drug-likeness (QED) is 0.579. The first-order chi connectivity index (χ1) is 11.5. The summed E-state index contributed by atoms with van der Waals surface area (Å²) in [4.78, 5) is 24.1. The Morgan fingerprint density at radius 2 is 1.80 bits per heavy atom. The van der Waals surface area contributed by atoms with Crippen molar-refractivity contribution >= 4 is 40.2 Å². The van der Waals surface area contributed by atoms with E-state index in [0.29, 0.717) is 31.6 Å². The van der Waals surface area contributed by atoms with Gasteiger partial charge in [0, 0.05) is 29.5 Å². The fourth-order valence-corrected chi connectivity index (χ4v) is 3.67. The van der Waals surface area contributed by atoms with Gasteiger partial charge in [-0.3, -0.25) is 9.59 Å². The summed E-state index contributed by atoms with van der Waals surface area (Å²) in [5, 5.41) is 5.70. The lowest BCUT2D eigenvalue weighted by Crippen LogP contribution is -2.40. The molecule has 5 nitrogen and oxygen atoms in total. The Bertz CT molecular complexity index is 577. The van der Waals surface area contributed by atoms with E-state index in [-0.39, 0.29) is 29.6 Å². The molecule has 2 amide bonds. The van der Waals surface area contributed by atoms with Crippen LogP contribution in [0.3, 0.4) is 0 Å². The van der Waals surface area contributed by atoms with Crippen LogP contribution in [0.4, 0.5) is 0 Å². The van der Waals surface area contributed by atoms with Crippen LogP contribution in [0, 0.1) is 5.41 Å². The van der Waals surface area contributed by atoms with E-state index < -0.39 is 0 Å². The number of carbonyl (C=O) groups excluding carboxylic acids is 2. The molecule has 1 aromatic carbocycles. The van der Waals surface area contributed by atoms with E-state index in [0.717, 1.165) is 30.2 Å². The average molecular weight is 433 g/mol. The van der Waals surface area contributed by atoms with Gasteiger partial charge in [0.05, 0.1) is 0 Å². The Kier molecular flexibility index (Phi) is 9.46. The van der Waals surface area contributed by atoms with Gasteiger partial charge < -0.3 is 16.4 Å². The number of nitrogens with one attached hydrogen (secondary N) is 2. The molecule has 0 heterocycles. The average Bonchev–Trinajstić information content (AvgIpc) is 2.59. The standard InChI is InChI=1S/C18H26BrN3O2.ClH/c19-15-6-4-5-14(11-15)17(24)22-10-9-21-16(23)12-18(13-20)7-2-1-3-8-18;/h4-6,11H,1-3,7-10,12-13,20H2,(H,21,23)(H,22,24);1H. The molecule has 25 heavy (non-hydrogen) atoms. The number of benzene rings is 1. The number of hydrogen-bond acceptors (Lipinski definition) is 3. The van der Waals surface area contributed by atoms with Gasteiger partial charge in [0.2, 0.25) is 5.91 Å². The van der Waals surface area contributed by atoms with Crippen molar-refractivity contribution in [1.82, 2.24) is 10.6 Å². The van der Waals surface area contributed by atoms with Gasteiger partial charge in [-0.05, 0) is 43.0 Å². The van der Waals surface area contributed by atoms with Crippen molar-refractivity contribution in [3.05, 3.63) is 34.3 Å². The molecule has 0 spiro atoms. The van der Waals surface area contributed by atoms with Crippen LogP contribution in [0.1, 0.15) is 48.9 Å². The van der Waals surface area contributed by atoms with E-state index in [1.54, 1.807) is 12.1 Å². The van der Waals surface area contributed by atoms with Gasteiger partial charge in [-0.15, -0.1) is 12.4 Å². The lowest BCUT2D eigenvalue weighted by Gasteiger charge is -2.35. The van der Waals surface area contributed by atoms with Crippen LogP contribution in [-0.4, -0.2) is 31.4 Å². The molecule has 1 aromatic rings. The number of rotatable bonds is 7. The van der Waals surface area contributed by atoms with Crippen molar-refractivity contribution in [3.63, 3.8) is 0 Å². The first kappa shape index (κ1) is 21.9. The van der Waals surface area contributed by atoms with E-state index >= 15 is 0 Å². The highest BCUT2D eigenvalue weighted by Gasteiger charge is 2.32. The largest absolute Gasteiger partial charge is 0.354 e. The van der Waals surface area contributed by atoms with Crippen molar-refractivity contribution < 1.29 is 9.59 Å². The van der Waals surface area contributed by atoms with E-state index in [1.807, 2.05) is 12.1 Å². The predicted molar refractivity (Wildman–Crippen MR) is 106 cm³/mol. The fraction of sp³-hybridized carbons (Fsp3) is 0.556. The summed E-state index contributed by atoms with van der Waals surface area (Å²) in [5.41, 5.74) is 6.49. The molecule has 0 aromatic heterocycles. The maximum Gasteiger partial charge on any atom is 0.251 e. The molecule has 0 saturated heterocycles. The molecule has 1 aliphatic rings. The molecule has 0 unspecified atom stereocenters. The van der Waals surface area contributed by atoms with Crippen LogP contribution in [0.25, 0.3) is 0 Å². The molecule has 1 saturated carbocycles. The second-order valence-electron chi connectivity index (χ2n) is 6.56. The lowest BCUT2D eigenvalue weighted by atomic mass is 9.71. The molecule has 4 N–H and O–H groups in total. The Morgan fingerprint density at radius 1 is 1.12 bits per heavy atom. The van der Waals surface area contributed by atoms with Crippen LogP contribution in [0.15, 0.2) is 28.7 Å². The lowest BCUT2D eigenvalue weighted by molar-refractivity contribution is -0.123. The molecule has 0 radical (unpaired) electrons. The predicted octanol–water partition coefficient (Wildman–Crippen LogP) is 3.02. The van der Waals surface area contributed by atoms with Gasteiger partial charge >= 0.3 is 0 Å². The Labute approximate surface area is 164 Å². The normalized spacial score (nSPS) is 15.8. The van der Waals surface area contributed by atoms with Gasteiger partial charge in [0.15, 0.2) is 0 Å². The maximum atomic E-state index is 12.1. The number of halogens is 2. The van der Waals surface area contributed by atoms with Gasteiger partial charge in [0.1, 0.15) is 0 Å². The van der Waals surface area contributed by atoms with E-state index in [9.17, 15) is 9.59 Å². The minimum atomic E-state index is -0.142. The number of nitrogens with two attached hydrogens (primary N) is 1. The highest BCUT2D eigenvalue weighted by molar-refractivity contribution is 9.10. The zero-order valence-electron chi connectivity index (χ0n) is 14.4. The summed E-state index contributed by atoms with van der Waals surface area (Å²) in [6.45, 7) is 1.41. The summed E-state index contributed by atoms with van der Waals surface area (Å²) >= 11 is 3.34. The van der Waals surface area contributed by atoms with Crippen LogP contribution < -0.4 is 16.4 Å². The van der Waals surface area contributed by atoms with E-state index in [2.05, 4.69) is 26.6 Å². The van der Waals surface area contributed by atoms with Crippen molar-refractivity contribution in [3.8, 4) is 0 Å². The third-order valence-electron chi connectivity index (χ3n) is 4.70. The first-order valence-electron chi connectivity index (χ1n) is 8.55. The molecular formula is C18H27BrClN3O2. The zero-order chi connectivity index (χ0) is 17.4. The monoisotopic (exact) mass is 431 g/mol. The first-order valence-corrected chi connectivity index (χ1v) is 9.34. The van der Waals surface area contributed by atoms with Gasteiger partial charge in [-0.2, -0.15) is 0 Å². The maximum absolute atomic E-state index is 12.1. The van der Waals surface area contributed by atoms with E-state index in [1.165, 1.54) is 6.42 Å². The number of carbonyl (C=O) groups is 2. The minimum Gasteiger partial charge on any atom is -0.354 e. The van der Waals surface area contributed by atoms with Crippen molar-refractivity contribution in [2.24, 2.45) is 11.1 Å². The molecule has 0 bridgehead atoms. The zero-order valence-corrected chi connectivity index (χ0v) is 16.8. The topological polar surface area (TPSA) is 84.2 Å². The summed E-state index contributed by atoms with van der Waals surface area (Å²) in [7, 11) is 0. The summed E-state index contributed by atoms with van der Waals surface area (Å²) in [6.07, 6.45) is 6.13. The summed E-state index contributed by atoms with van der Waals surface area (Å²) < 4.78 is 0.864. The fourth-order valence-electron chi connectivity index (χ4n) is 3.27. The Balaban J connectivity index is 0.00000312. The Morgan fingerprint density at radius 3 is 2.44 bits per heavy atom. The Hall–Kier alpha value is -1.11. The van der Waals surface area contributed by atoms with Crippen molar-refractivity contribution in [2.45, 2.75) is 38.5 Å². The number of hydrogen-bond donors (Lipinski definition) is 3. The SMILES string of the molecule is Cl.NCC1(CC(=O)NCCNC(=O)c2cccc(Br)c2)CCCCC1. The van der Waals surface area contributed by atoms with Crippen LogP contribution >= 0.6 is 28.3 Å². The third-order valence-corrected chi connectivity index (χ3v) is 5.20. The summed E-state index contributed by atoms with van der Waals surface area (Å²) in [5.74, 6) is -0.115. The van der Waals surface area contributed by atoms with Crippen molar-refractivity contribution in [2.75, 3.05) is 19.6 Å². The molecule has 2 rings (SSSR count). The van der Waals surface area contributed by atoms with Crippen LogP contribution in [0.5, 0.6) is 0 Å². The van der Waals surface area contributed by atoms with E-state index in [4.69, 9.17) is 5.73 Å². The minimum absolute atomic E-state index is 0. The highest BCUT2D eigenvalue weighted by atomic mass is 79.9. The second kappa shape index (κ2) is 10.8. The van der Waals surface area contributed by atoms with Crippen LogP contribution in [-0.2, 0) is 4.79 Å². The smallest absolute Gasteiger partial charge is 0.251 e. The molecular weight excluding hydrogens is 406 g/mol. The van der Waals surface area contributed by atoms with Crippen LogP contribution in [0.2, 0.25) is 0 Å². The molecule has 1 aliphatic carbocycles. The highest BCUT2D eigenvalue weighted by Crippen LogP contribution is 2.38. The van der Waals surface area contributed by atoms with Gasteiger partial charge in [0.25, 0.3) is 5.91 Å². The molecule has 0 aliphatic heterocycles. The molecule has 0 atom stereocenters. The third kappa shape index (κ3) is 6.96.